The molecule has 1 fully saturated rings. The molecule has 1 saturated heterocycles. The number of piperidine rings is 1. The van der Waals surface area contributed by atoms with Crippen molar-refractivity contribution in [1.29, 1.82) is 0 Å². The number of hydrogen-bond acceptors (Lipinski definition) is 6. The van der Waals surface area contributed by atoms with E-state index in [1.807, 2.05) is 30.3 Å². The highest BCUT2D eigenvalue weighted by atomic mass is 32.1. The fourth-order valence-corrected chi connectivity index (χ4v) is 4.47. The van der Waals surface area contributed by atoms with Crippen molar-refractivity contribution in [3.63, 3.8) is 0 Å². The third-order valence-electron chi connectivity index (χ3n) is 5.32. The molecule has 0 unspecified atom stereocenters. The topological polar surface area (TPSA) is 87.0 Å². The first-order chi connectivity index (χ1) is 14.3. The first-order valence-electron chi connectivity index (χ1n) is 9.73. The lowest BCUT2D eigenvalue weighted by Gasteiger charge is -2.32. The molecule has 0 bridgehead atoms. The van der Waals surface area contributed by atoms with Gasteiger partial charge in [0.1, 0.15) is 5.69 Å². The molecule has 0 aliphatic carbocycles. The van der Waals surface area contributed by atoms with Gasteiger partial charge in [-0.3, -0.25) is 9.89 Å². The molecule has 0 radical (unpaired) electrons. The molecule has 4 aromatic rings. The summed E-state index contributed by atoms with van der Waals surface area (Å²) in [7, 11) is 0. The first kappa shape index (κ1) is 17.9. The van der Waals surface area contributed by atoms with Crippen LogP contribution < -0.4 is 10.2 Å². The third kappa shape index (κ3) is 3.75. The molecule has 7 nitrogen and oxygen atoms in total. The van der Waals surface area contributed by atoms with Crippen LogP contribution in [0, 0.1) is 0 Å². The van der Waals surface area contributed by atoms with Crippen LogP contribution in [0.1, 0.15) is 18.5 Å². The maximum atomic E-state index is 12.5. The number of para-hydroxylation sites is 1. The minimum absolute atomic E-state index is 0.0118. The van der Waals surface area contributed by atoms with E-state index < -0.39 is 0 Å². The molecule has 0 saturated carbocycles. The summed E-state index contributed by atoms with van der Waals surface area (Å²) in [6.45, 7) is 1.74. The zero-order valence-electron chi connectivity index (χ0n) is 15.8. The average molecular weight is 407 g/mol. The quantitative estimate of drug-likeness (QED) is 0.528. The van der Waals surface area contributed by atoms with E-state index in [1.165, 1.54) is 4.88 Å². The molecule has 0 spiro atoms. The van der Waals surface area contributed by atoms with Crippen molar-refractivity contribution in [3.8, 4) is 10.6 Å². The van der Waals surface area contributed by atoms with Crippen LogP contribution >= 0.6 is 11.3 Å². The van der Waals surface area contributed by atoms with Crippen molar-refractivity contribution in [2.45, 2.75) is 25.3 Å². The Morgan fingerprint density at radius 2 is 2.10 bits per heavy atom. The molecule has 1 amide bonds. The number of hydrogen-bond donors (Lipinski definition) is 2. The summed E-state index contributed by atoms with van der Waals surface area (Å²) in [4.78, 5) is 15.9. The number of carbonyl (C=O) groups excluding carboxylic acids is 1. The number of amides is 1. The van der Waals surface area contributed by atoms with Gasteiger partial charge in [0.15, 0.2) is 11.4 Å². The Morgan fingerprint density at radius 1 is 1.24 bits per heavy atom. The van der Waals surface area contributed by atoms with Crippen LogP contribution in [0.4, 0.5) is 5.82 Å². The fourth-order valence-electron chi connectivity index (χ4n) is 3.78. The van der Waals surface area contributed by atoms with E-state index in [9.17, 15) is 4.79 Å². The van der Waals surface area contributed by atoms with Crippen molar-refractivity contribution in [2.24, 2.45) is 0 Å². The van der Waals surface area contributed by atoms with Crippen molar-refractivity contribution >= 4 is 34.0 Å². The van der Waals surface area contributed by atoms with Crippen LogP contribution in [0.2, 0.25) is 0 Å². The Bertz CT molecular complexity index is 1110. The first-order valence-corrected chi connectivity index (χ1v) is 10.6. The van der Waals surface area contributed by atoms with Gasteiger partial charge >= 0.3 is 0 Å². The van der Waals surface area contributed by atoms with Crippen LogP contribution in [0.3, 0.4) is 0 Å². The summed E-state index contributed by atoms with van der Waals surface area (Å²) < 4.78 is 5.29. The molecule has 5 rings (SSSR count). The summed E-state index contributed by atoms with van der Waals surface area (Å²) in [5, 5.41) is 17.7. The van der Waals surface area contributed by atoms with Gasteiger partial charge in [-0.05, 0) is 36.4 Å². The number of rotatable bonds is 5. The van der Waals surface area contributed by atoms with E-state index in [-0.39, 0.29) is 18.4 Å². The summed E-state index contributed by atoms with van der Waals surface area (Å²) in [5.74, 6) is 0.953. The van der Waals surface area contributed by atoms with Crippen LogP contribution in [0.15, 0.2) is 52.4 Å². The second-order valence-corrected chi connectivity index (χ2v) is 8.20. The maximum Gasteiger partial charge on any atom is 0.226 e. The lowest BCUT2D eigenvalue weighted by molar-refractivity contribution is -0.121. The molecule has 3 aromatic heterocycles. The van der Waals surface area contributed by atoms with Crippen molar-refractivity contribution in [1.82, 2.24) is 20.7 Å². The standard InChI is InChI=1S/C21H21N5O2S/c27-21(13-16-15-4-1-2-5-18(15)28-25-16)22-14-7-9-26(10-8-14)20-12-17(23-24-20)19-6-3-11-29-19/h1-6,11-12,14H,7-10,13H2,(H,22,27)(H,23,24). The van der Waals surface area contributed by atoms with Gasteiger partial charge in [-0.25, -0.2) is 0 Å². The van der Waals surface area contributed by atoms with Crippen LogP contribution in [-0.2, 0) is 11.2 Å². The van der Waals surface area contributed by atoms with Gasteiger partial charge in [-0.2, -0.15) is 5.10 Å². The van der Waals surface area contributed by atoms with Gasteiger partial charge in [0, 0.05) is 30.6 Å². The smallest absolute Gasteiger partial charge is 0.226 e. The number of benzene rings is 1. The zero-order valence-corrected chi connectivity index (χ0v) is 16.6. The van der Waals surface area contributed by atoms with Gasteiger partial charge < -0.3 is 14.7 Å². The summed E-state index contributed by atoms with van der Waals surface area (Å²) in [6, 6.07) is 14.0. The molecule has 0 atom stereocenters. The Labute approximate surface area is 171 Å². The maximum absolute atomic E-state index is 12.5. The molecule has 1 aromatic carbocycles. The molecule has 1 aliphatic rings. The molecule has 1 aliphatic heterocycles. The Kier molecular flexibility index (Phi) is 4.77. The monoisotopic (exact) mass is 407 g/mol. The highest BCUT2D eigenvalue weighted by Gasteiger charge is 2.23. The summed E-state index contributed by atoms with van der Waals surface area (Å²) >= 11 is 1.70. The highest BCUT2D eigenvalue weighted by Crippen LogP contribution is 2.27. The number of nitrogens with one attached hydrogen (secondary N) is 2. The molecule has 8 heteroatoms. The van der Waals surface area contributed by atoms with Crippen LogP contribution in [0.25, 0.3) is 21.5 Å². The second kappa shape index (κ2) is 7.71. The predicted octanol–water partition coefficient (Wildman–Crippen LogP) is 3.61. The minimum Gasteiger partial charge on any atom is -0.356 e. The van der Waals surface area contributed by atoms with Gasteiger partial charge in [-0.1, -0.05) is 23.4 Å². The number of aromatic amines is 1. The number of anilines is 1. The van der Waals surface area contributed by atoms with Crippen LogP contribution in [-0.4, -0.2) is 40.4 Å². The fraction of sp³-hybridized carbons (Fsp3) is 0.286. The SMILES string of the molecule is O=C(Cc1noc2ccccc12)NC1CCN(c2cc(-c3cccs3)[nH]n2)CC1. The van der Waals surface area contributed by atoms with Crippen molar-refractivity contribution < 1.29 is 9.32 Å². The average Bonchev–Trinajstić information content (AvgIpc) is 3.50. The van der Waals surface area contributed by atoms with Gasteiger partial charge in [0.2, 0.25) is 5.91 Å². The molecule has 4 heterocycles. The Hall–Kier alpha value is -3.13. The van der Waals surface area contributed by atoms with Crippen molar-refractivity contribution in [3.05, 3.63) is 53.5 Å². The molecule has 2 N–H and O–H groups in total. The number of aromatic nitrogens is 3. The normalized spacial score (nSPS) is 15.1. The largest absolute Gasteiger partial charge is 0.356 e. The summed E-state index contributed by atoms with van der Waals surface area (Å²) in [6.07, 6.45) is 2.03. The Balaban J connectivity index is 1.15. The number of fused-ring (bicyclic) bond motifs is 1. The summed E-state index contributed by atoms with van der Waals surface area (Å²) in [5.41, 5.74) is 2.45. The predicted molar refractivity (Wildman–Crippen MR) is 113 cm³/mol. The lowest BCUT2D eigenvalue weighted by atomic mass is 10.0. The molecular formula is C21H21N5O2S. The minimum atomic E-state index is -0.0118. The van der Waals surface area contributed by atoms with E-state index in [0.29, 0.717) is 11.3 Å². The van der Waals surface area contributed by atoms with Gasteiger partial charge in [0.05, 0.1) is 17.0 Å². The Morgan fingerprint density at radius 3 is 2.93 bits per heavy atom. The molecule has 148 valence electrons. The molecular weight excluding hydrogens is 386 g/mol. The highest BCUT2D eigenvalue weighted by molar-refractivity contribution is 7.13. The van der Waals surface area contributed by atoms with E-state index >= 15 is 0 Å². The van der Waals surface area contributed by atoms with E-state index in [2.05, 4.69) is 43.1 Å². The van der Waals surface area contributed by atoms with E-state index in [1.54, 1.807) is 11.3 Å². The van der Waals surface area contributed by atoms with E-state index in [4.69, 9.17) is 4.52 Å². The number of H-pyrrole nitrogens is 1. The van der Waals surface area contributed by atoms with Crippen molar-refractivity contribution in [2.75, 3.05) is 18.0 Å². The van der Waals surface area contributed by atoms with Crippen LogP contribution in [0.5, 0.6) is 0 Å². The number of carbonyl (C=O) groups is 1. The lowest BCUT2D eigenvalue weighted by Crippen LogP contribution is -2.45. The van der Waals surface area contributed by atoms with Gasteiger partial charge in [0.25, 0.3) is 0 Å². The number of thiophene rings is 1. The second-order valence-electron chi connectivity index (χ2n) is 7.25. The zero-order chi connectivity index (χ0) is 19.6. The number of nitrogens with zero attached hydrogens (tertiary/aromatic N) is 3. The third-order valence-corrected chi connectivity index (χ3v) is 6.22. The van der Waals surface area contributed by atoms with Gasteiger partial charge in [-0.15, -0.1) is 11.3 Å². The van der Waals surface area contributed by atoms with E-state index in [0.717, 1.165) is 42.8 Å². The molecule has 29 heavy (non-hydrogen) atoms.